The van der Waals surface area contributed by atoms with Crippen LogP contribution in [0.25, 0.3) is 0 Å². The first-order valence-electron chi connectivity index (χ1n) is 18.0. The average molecular weight is 667 g/mol. The minimum Gasteiger partial charge on any atom is -0.507 e. The first-order chi connectivity index (χ1) is 23.2. The third-order valence-corrected chi connectivity index (χ3v) is 8.91. The Kier molecular flexibility index (Phi) is 18.8. The van der Waals surface area contributed by atoms with Gasteiger partial charge in [-0.25, -0.2) is 0 Å². The third-order valence-electron chi connectivity index (χ3n) is 8.91. The Labute approximate surface area is 286 Å². The fraction of sp³-hybridized carbons (Fsp3) is 0.579. The lowest BCUT2D eigenvalue weighted by atomic mass is 9.90. The molecule has 2 aromatic rings. The van der Waals surface area contributed by atoms with Crippen molar-refractivity contribution < 1.29 is 29.4 Å². The van der Waals surface area contributed by atoms with Gasteiger partial charge in [-0.15, -0.1) is 0 Å². The van der Waals surface area contributed by atoms with Gasteiger partial charge in [0.15, 0.2) is 0 Å². The summed E-state index contributed by atoms with van der Waals surface area (Å²) in [4.78, 5) is 52.4. The van der Waals surface area contributed by atoms with Crippen LogP contribution in [0.4, 0.5) is 0 Å². The lowest BCUT2D eigenvalue weighted by Crippen LogP contribution is -2.46. The highest BCUT2D eigenvalue weighted by molar-refractivity contribution is 6.00. The number of nitrogens with one attached hydrogen (secondary N) is 4. The molecule has 10 heteroatoms. The van der Waals surface area contributed by atoms with Gasteiger partial charge >= 0.3 is 0 Å². The van der Waals surface area contributed by atoms with Gasteiger partial charge < -0.3 is 10.2 Å². The molecule has 0 bridgehead atoms. The van der Waals surface area contributed by atoms with E-state index in [0.29, 0.717) is 38.5 Å². The van der Waals surface area contributed by atoms with Crippen molar-refractivity contribution in [1.29, 1.82) is 0 Å². The lowest BCUT2D eigenvalue weighted by molar-refractivity contribution is -0.128. The Morgan fingerprint density at radius 3 is 1.42 bits per heavy atom. The molecule has 2 aromatic carbocycles. The van der Waals surface area contributed by atoms with Crippen LogP contribution in [0.1, 0.15) is 149 Å². The lowest BCUT2D eigenvalue weighted by Gasteiger charge is -2.21. The molecule has 0 aliphatic rings. The van der Waals surface area contributed by atoms with Crippen LogP contribution in [0.3, 0.4) is 0 Å². The van der Waals surface area contributed by atoms with Gasteiger partial charge in [0.05, 0.1) is 11.1 Å². The molecule has 0 aromatic heterocycles. The van der Waals surface area contributed by atoms with E-state index in [-0.39, 0.29) is 34.4 Å². The second kappa shape index (κ2) is 22.5. The molecule has 6 N–H and O–H groups in total. The van der Waals surface area contributed by atoms with Crippen molar-refractivity contribution in [1.82, 2.24) is 21.7 Å². The molecule has 2 rings (SSSR count). The van der Waals surface area contributed by atoms with E-state index in [1.165, 1.54) is 12.1 Å². The zero-order valence-electron chi connectivity index (χ0n) is 29.5. The maximum Gasteiger partial charge on any atom is 0.273 e. The molecule has 0 fully saturated rings. The normalized spacial score (nSPS) is 12.2. The van der Waals surface area contributed by atoms with Crippen LogP contribution in [0, 0.1) is 11.8 Å². The van der Waals surface area contributed by atoms with Crippen molar-refractivity contribution in [2.75, 3.05) is 0 Å². The number of carbonyl (C=O) groups excluding carboxylic acids is 4. The summed E-state index contributed by atoms with van der Waals surface area (Å²) in [6.07, 6.45) is 13.1. The number of unbranched alkanes of at least 4 members (excludes halogenated alkanes) is 7. The van der Waals surface area contributed by atoms with Crippen molar-refractivity contribution in [2.45, 2.75) is 130 Å². The molecule has 0 aliphatic carbocycles. The highest BCUT2D eigenvalue weighted by Gasteiger charge is 2.25. The zero-order chi connectivity index (χ0) is 35.3. The van der Waals surface area contributed by atoms with Gasteiger partial charge in [0.2, 0.25) is 11.8 Å². The average Bonchev–Trinajstić information content (AvgIpc) is 3.07. The number of hydrogen-bond donors (Lipinski definition) is 6. The fourth-order valence-electron chi connectivity index (χ4n) is 5.94. The number of benzene rings is 2. The molecule has 0 aliphatic heterocycles. The number of aryl methyl sites for hydroxylation is 2. The summed E-state index contributed by atoms with van der Waals surface area (Å²) in [6.45, 7) is 8.16. The Morgan fingerprint density at radius 2 is 0.979 bits per heavy atom. The van der Waals surface area contributed by atoms with Gasteiger partial charge in [-0.2, -0.15) is 0 Å². The summed E-state index contributed by atoms with van der Waals surface area (Å²) >= 11 is 0. The molecule has 10 nitrogen and oxygen atoms in total. The highest BCUT2D eigenvalue weighted by atomic mass is 16.3. The van der Waals surface area contributed by atoms with Crippen molar-refractivity contribution in [3.8, 4) is 11.5 Å². The monoisotopic (exact) mass is 666 g/mol. The number of phenols is 2. The number of rotatable bonds is 21. The SMILES string of the molecule is CCCCCCc1cccc(O)c1C(=O)NNC(=O)C(CC)CCC(CCCC)C(=O)NNC(=O)c1c(O)cccc1CCCCCC. The second-order valence-corrected chi connectivity index (χ2v) is 12.7. The Hall–Kier alpha value is -4.08. The molecule has 0 saturated heterocycles. The molecule has 266 valence electrons. The Morgan fingerprint density at radius 1 is 0.542 bits per heavy atom. The van der Waals surface area contributed by atoms with E-state index in [0.717, 1.165) is 75.3 Å². The smallest absolute Gasteiger partial charge is 0.273 e. The fourth-order valence-corrected chi connectivity index (χ4v) is 5.94. The molecule has 2 unspecified atom stereocenters. The molecule has 2 atom stereocenters. The van der Waals surface area contributed by atoms with Gasteiger partial charge in [-0.1, -0.05) is 103 Å². The summed E-state index contributed by atoms with van der Waals surface area (Å²) in [5, 5.41) is 20.9. The summed E-state index contributed by atoms with van der Waals surface area (Å²) in [5.74, 6) is -3.06. The van der Waals surface area contributed by atoms with Gasteiger partial charge in [0.25, 0.3) is 11.8 Å². The van der Waals surface area contributed by atoms with Crippen LogP contribution in [-0.2, 0) is 22.4 Å². The summed E-state index contributed by atoms with van der Waals surface area (Å²) < 4.78 is 0. The van der Waals surface area contributed by atoms with Crippen LogP contribution in [0.5, 0.6) is 11.5 Å². The van der Waals surface area contributed by atoms with Gasteiger partial charge in [-0.3, -0.25) is 40.9 Å². The summed E-state index contributed by atoms with van der Waals surface area (Å²) in [5.41, 5.74) is 11.8. The second-order valence-electron chi connectivity index (χ2n) is 12.7. The molecule has 0 saturated carbocycles. The van der Waals surface area contributed by atoms with Crippen LogP contribution in [0.2, 0.25) is 0 Å². The van der Waals surface area contributed by atoms with Gasteiger partial charge in [0.1, 0.15) is 11.5 Å². The zero-order valence-corrected chi connectivity index (χ0v) is 29.5. The molecule has 0 spiro atoms. The van der Waals surface area contributed by atoms with E-state index < -0.39 is 23.7 Å². The summed E-state index contributed by atoms with van der Waals surface area (Å²) in [7, 11) is 0. The van der Waals surface area contributed by atoms with Crippen LogP contribution in [-0.4, -0.2) is 33.8 Å². The first-order valence-corrected chi connectivity index (χ1v) is 18.0. The van der Waals surface area contributed by atoms with Crippen molar-refractivity contribution >= 4 is 23.6 Å². The first kappa shape index (κ1) is 40.1. The van der Waals surface area contributed by atoms with E-state index in [2.05, 4.69) is 35.6 Å². The Bertz CT molecular complexity index is 1310. The van der Waals surface area contributed by atoms with Crippen LogP contribution in [0.15, 0.2) is 36.4 Å². The maximum atomic E-state index is 13.2. The molecular weight excluding hydrogens is 608 g/mol. The van der Waals surface area contributed by atoms with E-state index in [1.54, 1.807) is 12.1 Å². The number of phenolic OH excluding ortho intramolecular Hbond substituents is 2. The van der Waals surface area contributed by atoms with E-state index in [9.17, 15) is 29.4 Å². The molecular formula is C38H58N4O6. The predicted molar refractivity (Wildman–Crippen MR) is 189 cm³/mol. The standard InChI is InChI=1S/C38H58N4O6/c1-5-9-12-14-19-28-21-16-23-31(43)33(28)37(47)41-39-35(45)27(8-4)25-26-30(18-11-7-3)36(46)40-42-38(48)34-29(20-15-13-10-6-2)22-17-24-32(34)44/h16-17,21-24,27,30,43-44H,5-15,18-20,25-26H2,1-4H3,(H,39,45)(H,40,46)(H,41,47)(H,42,48). The summed E-state index contributed by atoms with van der Waals surface area (Å²) in [6, 6.07) is 9.98. The number of carbonyl (C=O) groups is 4. The topological polar surface area (TPSA) is 157 Å². The minimum absolute atomic E-state index is 0.133. The number of aromatic hydroxyl groups is 2. The predicted octanol–water partition coefficient (Wildman–Crippen LogP) is 7.18. The minimum atomic E-state index is -0.577. The maximum absolute atomic E-state index is 13.2. The van der Waals surface area contributed by atoms with Crippen LogP contribution >= 0.6 is 0 Å². The third kappa shape index (κ3) is 13.2. The highest BCUT2D eigenvalue weighted by Crippen LogP contribution is 2.25. The Balaban J connectivity index is 1.98. The van der Waals surface area contributed by atoms with Crippen molar-refractivity contribution in [3.63, 3.8) is 0 Å². The molecule has 4 amide bonds. The van der Waals surface area contributed by atoms with E-state index in [1.807, 2.05) is 26.0 Å². The van der Waals surface area contributed by atoms with Gasteiger partial charge in [-0.05, 0) is 74.6 Å². The van der Waals surface area contributed by atoms with E-state index in [4.69, 9.17) is 0 Å². The number of hydrogen-bond acceptors (Lipinski definition) is 6. The van der Waals surface area contributed by atoms with Gasteiger partial charge in [0, 0.05) is 11.8 Å². The van der Waals surface area contributed by atoms with Crippen molar-refractivity contribution in [3.05, 3.63) is 58.7 Å². The van der Waals surface area contributed by atoms with Crippen molar-refractivity contribution in [2.24, 2.45) is 11.8 Å². The van der Waals surface area contributed by atoms with Crippen LogP contribution < -0.4 is 21.7 Å². The quantitative estimate of drug-likeness (QED) is 0.0612. The number of hydrazine groups is 2. The largest absolute Gasteiger partial charge is 0.507 e. The molecule has 48 heavy (non-hydrogen) atoms. The molecule has 0 radical (unpaired) electrons. The molecule has 0 heterocycles. The van der Waals surface area contributed by atoms with E-state index >= 15 is 0 Å². The number of amides is 4.